The molecule has 0 aromatic heterocycles. The summed E-state index contributed by atoms with van der Waals surface area (Å²) < 4.78 is 0. The Kier molecular flexibility index (Phi) is 4.62. The first-order valence-electron chi connectivity index (χ1n) is 7.29. The molecule has 0 spiro atoms. The fourth-order valence-electron chi connectivity index (χ4n) is 3.38. The lowest BCUT2D eigenvalue weighted by atomic mass is 9.79. The van der Waals surface area contributed by atoms with Crippen molar-refractivity contribution in [2.24, 2.45) is 17.6 Å². The number of nitrogens with zero attached hydrogens (tertiary/aromatic N) is 2. The van der Waals surface area contributed by atoms with Crippen molar-refractivity contribution in [1.29, 1.82) is 0 Å². The van der Waals surface area contributed by atoms with Crippen molar-refractivity contribution in [2.75, 3.05) is 33.2 Å². The third-order valence-electron chi connectivity index (χ3n) is 4.36. The molecule has 2 aliphatic rings. The Morgan fingerprint density at radius 3 is 2.61 bits per heavy atom. The molecule has 2 N–H and O–H groups in total. The second kappa shape index (κ2) is 6.02. The Labute approximate surface area is 110 Å². The van der Waals surface area contributed by atoms with Gasteiger partial charge >= 0.3 is 0 Å². The Hall–Kier alpha value is -0.610. The molecule has 4 heteroatoms. The van der Waals surface area contributed by atoms with Gasteiger partial charge in [0, 0.05) is 31.6 Å². The Morgan fingerprint density at radius 1 is 1.11 bits per heavy atom. The van der Waals surface area contributed by atoms with Crippen LogP contribution < -0.4 is 5.73 Å². The molecule has 1 saturated carbocycles. The average Bonchev–Trinajstić information content (AvgIpc) is 2.52. The zero-order valence-electron chi connectivity index (χ0n) is 11.8. The van der Waals surface area contributed by atoms with Gasteiger partial charge in [0.2, 0.25) is 5.91 Å². The fourth-order valence-corrected chi connectivity index (χ4v) is 3.38. The summed E-state index contributed by atoms with van der Waals surface area (Å²) in [7, 11) is 2.13. The van der Waals surface area contributed by atoms with Gasteiger partial charge in [0.15, 0.2) is 0 Å². The van der Waals surface area contributed by atoms with Crippen LogP contribution in [-0.4, -0.2) is 55.0 Å². The van der Waals surface area contributed by atoms with E-state index in [0.29, 0.717) is 11.8 Å². The average molecular weight is 253 g/mol. The first kappa shape index (κ1) is 13.8. The molecule has 0 aromatic carbocycles. The predicted octanol–water partition coefficient (Wildman–Crippen LogP) is 0.914. The maximum atomic E-state index is 12.6. The molecule has 2 rings (SSSR count). The molecule has 4 nitrogen and oxygen atoms in total. The van der Waals surface area contributed by atoms with Gasteiger partial charge in [0.05, 0.1) is 0 Å². The maximum Gasteiger partial charge on any atom is 0.225 e. The predicted molar refractivity (Wildman–Crippen MR) is 73.2 cm³/mol. The van der Waals surface area contributed by atoms with Gasteiger partial charge in [-0.15, -0.1) is 0 Å². The first-order valence-corrected chi connectivity index (χ1v) is 7.29. The van der Waals surface area contributed by atoms with E-state index >= 15 is 0 Å². The summed E-state index contributed by atoms with van der Waals surface area (Å²) in [5.41, 5.74) is 6.06. The number of nitrogens with two attached hydrogens (primary N) is 1. The largest absolute Gasteiger partial charge is 0.341 e. The van der Waals surface area contributed by atoms with Crippen LogP contribution in [0.1, 0.15) is 32.6 Å². The van der Waals surface area contributed by atoms with E-state index in [2.05, 4.69) is 23.8 Å². The van der Waals surface area contributed by atoms with Crippen molar-refractivity contribution in [1.82, 2.24) is 9.80 Å². The highest BCUT2D eigenvalue weighted by Crippen LogP contribution is 2.29. The number of hydrogen-bond donors (Lipinski definition) is 1. The van der Waals surface area contributed by atoms with Crippen LogP contribution in [0.5, 0.6) is 0 Å². The van der Waals surface area contributed by atoms with Crippen LogP contribution in [-0.2, 0) is 4.79 Å². The van der Waals surface area contributed by atoms with Crippen LogP contribution in [0.15, 0.2) is 0 Å². The highest BCUT2D eigenvalue weighted by atomic mass is 16.2. The molecule has 0 bridgehead atoms. The number of carbonyl (C=O) groups excluding carboxylic acids is 1. The van der Waals surface area contributed by atoms with Gasteiger partial charge in [0.1, 0.15) is 0 Å². The zero-order valence-corrected chi connectivity index (χ0v) is 11.8. The Bertz CT molecular complexity index is 285. The molecular weight excluding hydrogens is 226 g/mol. The molecule has 3 unspecified atom stereocenters. The zero-order chi connectivity index (χ0) is 13.1. The topological polar surface area (TPSA) is 49.6 Å². The molecule has 2 fully saturated rings. The van der Waals surface area contributed by atoms with Crippen LogP contribution in [0, 0.1) is 11.8 Å². The quantitative estimate of drug-likeness (QED) is 0.756. The van der Waals surface area contributed by atoms with Crippen LogP contribution in [0.3, 0.4) is 0 Å². The highest BCUT2D eigenvalue weighted by molar-refractivity contribution is 5.79. The van der Waals surface area contributed by atoms with Crippen LogP contribution in [0.2, 0.25) is 0 Å². The number of carbonyl (C=O) groups is 1. The summed E-state index contributed by atoms with van der Waals surface area (Å²) in [5, 5.41) is 0. The molecule has 1 heterocycles. The van der Waals surface area contributed by atoms with Crippen LogP contribution in [0.4, 0.5) is 0 Å². The number of likely N-dealkylation sites (N-methyl/N-ethyl adjacent to an activating group) is 1. The third-order valence-corrected chi connectivity index (χ3v) is 4.36. The van der Waals surface area contributed by atoms with Gasteiger partial charge in [-0.3, -0.25) is 4.79 Å². The molecule has 0 aromatic rings. The minimum absolute atomic E-state index is 0.173. The summed E-state index contributed by atoms with van der Waals surface area (Å²) in [5.74, 6) is 1.12. The van der Waals surface area contributed by atoms with Gasteiger partial charge in [-0.2, -0.15) is 0 Å². The minimum Gasteiger partial charge on any atom is -0.341 e. The normalized spacial score (nSPS) is 35.3. The van der Waals surface area contributed by atoms with E-state index in [4.69, 9.17) is 5.73 Å². The minimum atomic E-state index is 0.173. The van der Waals surface area contributed by atoms with Crippen LogP contribution in [0.25, 0.3) is 0 Å². The van der Waals surface area contributed by atoms with Crippen molar-refractivity contribution in [3.05, 3.63) is 0 Å². The second-order valence-corrected chi connectivity index (χ2v) is 6.25. The fraction of sp³-hybridized carbons (Fsp3) is 0.929. The molecule has 1 saturated heterocycles. The van der Waals surface area contributed by atoms with Crippen molar-refractivity contribution in [2.45, 2.75) is 38.6 Å². The summed E-state index contributed by atoms with van der Waals surface area (Å²) in [6.45, 7) is 6.12. The summed E-state index contributed by atoms with van der Waals surface area (Å²) in [6.07, 6.45) is 4.08. The lowest BCUT2D eigenvalue weighted by Crippen LogP contribution is -2.43. The van der Waals surface area contributed by atoms with E-state index < -0.39 is 0 Å². The van der Waals surface area contributed by atoms with Crippen molar-refractivity contribution < 1.29 is 4.79 Å². The van der Waals surface area contributed by atoms with Gasteiger partial charge in [-0.1, -0.05) is 6.92 Å². The lowest BCUT2D eigenvalue weighted by molar-refractivity contribution is -0.137. The SMILES string of the molecule is CC1CC(N)CC(C(=O)N2CCCN(C)CC2)C1. The molecule has 0 radical (unpaired) electrons. The van der Waals surface area contributed by atoms with Crippen LogP contribution >= 0.6 is 0 Å². The molecule has 1 aliphatic heterocycles. The number of amides is 1. The van der Waals surface area contributed by atoms with E-state index in [-0.39, 0.29) is 12.0 Å². The second-order valence-electron chi connectivity index (χ2n) is 6.25. The molecule has 104 valence electrons. The van der Waals surface area contributed by atoms with Gasteiger partial charge in [-0.05, 0) is 45.2 Å². The highest BCUT2D eigenvalue weighted by Gasteiger charge is 2.32. The van der Waals surface area contributed by atoms with E-state index in [0.717, 1.165) is 51.9 Å². The molecule has 1 amide bonds. The summed E-state index contributed by atoms with van der Waals surface area (Å²) >= 11 is 0. The molecule has 3 atom stereocenters. The standard InChI is InChI=1S/C14H27N3O/c1-11-8-12(10-13(15)9-11)14(18)17-5-3-4-16(2)6-7-17/h11-13H,3-10,15H2,1-2H3. The van der Waals surface area contributed by atoms with Crippen molar-refractivity contribution >= 4 is 5.91 Å². The summed E-state index contributed by atoms with van der Waals surface area (Å²) in [6, 6.07) is 0.220. The smallest absolute Gasteiger partial charge is 0.225 e. The van der Waals surface area contributed by atoms with E-state index in [9.17, 15) is 4.79 Å². The van der Waals surface area contributed by atoms with E-state index in [1.54, 1.807) is 0 Å². The molecule has 18 heavy (non-hydrogen) atoms. The van der Waals surface area contributed by atoms with Gasteiger partial charge in [0.25, 0.3) is 0 Å². The van der Waals surface area contributed by atoms with Gasteiger partial charge < -0.3 is 15.5 Å². The molecule has 1 aliphatic carbocycles. The van der Waals surface area contributed by atoms with Crippen molar-refractivity contribution in [3.63, 3.8) is 0 Å². The van der Waals surface area contributed by atoms with Crippen molar-refractivity contribution in [3.8, 4) is 0 Å². The Morgan fingerprint density at radius 2 is 1.89 bits per heavy atom. The maximum absolute atomic E-state index is 12.6. The number of hydrogen-bond acceptors (Lipinski definition) is 3. The van der Waals surface area contributed by atoms with E-state index in [1.807, 2.05) is 0 Å². The monoisotopic (exact) mass is 253 g/mol. The first-order chi connectivity index (χ1) is 8.56. The molecular formula is C14H27N3O. The summed E-state index contributed by atoms with van der Waals surface area (Å²) in [4.78, 5) is 16.9. The van der Waals surface area contributed by atoms with E-state index in [1.165, 1.54) is 0 Å². The lowest BCUT2D eigenvalue weighted by Gasteiger charge is -2.33. The number of rotatable bonds is 1. The third kappa shape index (κ3) is 3.45. The Balaban J connectivity index is 1.93. The van der Waals surface area contributed by atoms with Gasteiger partial charge in [-0.25, -0.2) is 0 Å².